The van der Waals surface area contributed by atoms with Crippen LogP contribution in [0.1, 0.15) is 22.4 Å². The highest BCUT2D eigenvalue weighted by Crippen LogP contribution is 2.27. The second-order valence-corrected chi connectivity index (χ2v) is 6.86. The van der Waals surface area contributed by atoms with Crippen molar-refractivity contribution < 1.29 is 4.79 Å². The van der Waals surface area contributed by atoms with Gasteiger partial charge in [-0.2, -0.15) is 5.26 Å². The van der Waals surface area contributed by atoms with Crippen LogP contribution in [0.15, 0.2) is 60.7 Å². The number of rotatable bonds is 6. The SMILES string of the molecule is Cc1c(C#N)c(NC(=O)CN(C)c2ccccc2)n(Cc2ccccc2)c1C. The molecule has 3 aromatic rings. The maximum Gasteiger partial charge on any atom is 0.245 e. The summed E-state index contributed by atoms with van der Waals surface area (Å²) in [6, 6.07) is 22.0. The fourth-order valence-corrected chi connectivity index (χ4v) is 3.25. The lowest BCUT2D eigenvalue weighted by molar-refractivity contribution is -0.115. The Hall–Kier alpha value is -3.52. The van der Waals surface area contributed by atoms with Crippen LogP contribution in [-0.4, -0.2) is 24.1 Å². The smallest absolute Gasteiger partial charge is 0.245 e. The Labute approximate surface area is 165 Å². The lowest BCUT2D eigenvalue weighted by atomic mass is 10.2. The van der Waals surface area contributed by atoms with E-state index in [4.69, 9.17) is 0 Å². The number of likely N-dealkylation sites (N-methyl/N-ethyl adjacent to an activating group) is 1. The molecule has 0 aliphatic carbocycles. The molecule has 2 aromatic carbocycles. The van der Waals surface area contributed by atoms with Gasteiger partial charge >= 0.3 is 0 Å². The van der Waals surface area contributed by atoms with E-state index in [0.29, 0.717) is 17.9 Å². The van der Waals surface area contributed by atoms with Gasteiger partial charge in [0.05, 0.1) is 12.1 Å². The molecule has 0 unspecified atom stereocenters. The van der Waals surface area contributed by atoms with Gasteiger partial charge in [-0.05, 0) is 37.1 Å². The third kappa shape index (κ3) is 4.07. The monoisotopic (exact) mass is 372 g/mol. The van der Waals surface area contributed by atoms with Gasteiger partial charge in [0, 0.05) is 25.0 Å². The number of para-hydroxylation sites is 1. The van der Waals surface area contributed by atoms with Crippen LogP contribution in [0, 0.1) is 25.2 Å². The average molecular weight is 372 g/mol. The minimum atomic E-state index is -0.158. The fourth-order valence-electron chi connectivity index (χ4n) is 3.25. The summed E-state index contributed by atoms with van der Waals surface area (Å²) in [6.45, 7) is 4.69. The maximum absolute atomic E-state index is 12.7. The van der Waals surface area contributed by atoms with Crippen molar-refractivity contribution in [3.63, 3.8) is 0 Å². The molecule has 28 heavy (non-hydrogen) atoms. The van der Waals surface area contributed by atoms with Gasteiger partial charge < -0.3 is 14.8 Å². The van der Waals surface area contributed by atoms with Crippen LogP contribution in [0.2, 0.25) is 0 Å². The van der Waals surface area contributed by atoms with Crippen molar-refractivity contribution in [2.45, 2.75) is 20.4 Å². The topological polar surface area (TPSA) is 61.1 Å². The number of anilines is 2. The number of nitrogens with one attached hydrogen (secondary N) is 1. The largest absolute Gasteiger partial charge is 0.365 e. The number of benzene rings is 2. The number of hydrogen-bond acceptors (Lipinski definition) is 3. The van der Waals surface area contributed by atoms with E-state index in [1.54, 1.807) is 0 Å². The molecule has 0 radical (unpaired) electrons. The van der Waals surface area contributed by atoms with E-state index in [1.807, 2.05) is 91.0 Å². The number of carbonyl (C=O) groups is 1. The molecular formula is C23H24N4O. The number of carbonyl (C=O) groups excluding carboxylic acids is 1. The average Bonchev–Trinajstić information content (AvgIpc) is 2.93. The normalized spacial score (nSPS) is 10.4. The second-order valence-electron chi connectivity index (χ2n) is 6.86. The van der Waals surface area contributed by atoms with Crippen molar-refractivity contribution in [1.29, 1.82) is 5.26 Å². The summed E-state index contributed by atoms with van der Waals surface area (Å²) < 4.78 is 2.00. The first-order chi connectivity index (χ1) is 13.5. The van der Waals surface area contributed by atoms with Crippen molar-refractivity contribution in [2.24, 2.45) is 0 Å². The van der Waals surface area contributed by atoms with Crippen LogP contribution in [0.3, 0.4) is 0 Å². The van der Waals surface area contributed by atoms with Crippen LogP contribution in [-0.2, 0) is 11.3 Å². The predicted molar refractivity (Wildman–Crippen MR) is 113 cm³/mol. The third-order valence-corrected chi connectivity index (χ3v) is 4.96. The first kappa shape index (κ1) is 19.2. The molecule has 3 rings (SSSR count). The van der Waals surface area contributed by atoms with Crippen LogP contribution >= 0.6 is 0 Å². The molecule has 0 aliphatic heterocycles. The van der Waals surface area contributed by atoms with Gasteiger partial charge in [-0.25, -0.2) is 0 Å². The number of nitrogens with zero attached hydrogens (tertiary/aromatic N) is 3. The standard InChI is InChI=1S/C23H24N4O/c1-17-18(2)27(15-19-10-6-4-7-11-19)23(21(17)14-24)25-22(28)16-26(3)20-12-8-5-9-13-20/h4-13H,15-16H2,1-3H3,(H,25,28). The minimum Gasteiger partial charge on any atom is -0.365 e. The minimum absolute atomic E-state index is 0.158. The Morgan fingerprint density at radius 2 is 1.68 bits per heavy atom. The van der Waals surface area contributed by atoms with Gasteiger partial charge in [0.15, 0.2) is 0 Å². The summed E-state index contributed by atoms with van der Waals surface area (Å²) in [4.78, 5) is 14.6. The fraction of sp³-hybridized carbons (Fsp3) is 0.217. The zero-order valence-electron chi connectivity index (χ0n) is 16.4. The summed E-state index contributed by atoms with van der Waals surface area (Å²) in [6.07, 6.45) is 0. The van der Waals surface area contributed by atoms with E-state index in [2.05, 4.69) is 11.4 Å². The van der Waals surface area contributed by atoms with Gasteiger partial charge in [-0.1, -0.05) is 48.5 Å². The highest BCUT2D eigenvalue weighted by Gasteiger charge is 2.20. The van der Waals surface area contributed by atoms with Crippen LogP contribution in [0.5, 0.6) is 0 Å². The van der Waals surface area contributed by atoms with Crippen molar-refractivity contribution >= 4 is 17.4 Å². The van der Waals surface area contributed by atoms with Crippen LogP contribution < -0.4 is 10.2 Å². The first-order valence-corrected chi connectivity index (χ1v) is 9.21. The van der Waals surface area contributed by atoms with Gasteiger partial charge in [0.2, 0.25) is 5.91 Å². The Morgan fingerprint density at radius 3 is 2.29 bits per heavy atom. The number of hydrogen-bond donors (Lipinski definition) is 1. The molecule has 5 nitrogen and oxygen atoms in total. The Balaban J connectivity index is 1.85. The van der Waals surface area contributed by atoms with Gasteiger partial charge in [0.1, 0.15) is 11.9 Å². The van der Waals surface area contributed by atoms with E-state index >= 15 is 0 Å². The van der Waals surface area contributed by atoms with E-state index in [0.717, 1.165) is 22.5 Å². The van der Waals surface area contributed by atoms with E-state index in [-0.39, 0.29) is 12.5 Å². The molecule has 1 N–H and O–H groups in total. The molecule has 0 saturated heterocycles. The summed E-state index contributed by atoms with van der Waals surface area (Å²) in [5, 5.41) is 12.6. The van der Waals surface area contributed by atoms with Gasteiger partial charge in [-0.15, -0.1) is 0 Å². The zero-order chi connectivity index (χ0) is 20.1. The van der Waals surface area contributed by atoms with Crippen molar-refractivity contribution in [3.05, 3.63) is 83.0 Å². The summed E-state index contributed by atoms with van der Waals surface area (Å²) in [5.74, 6) is 0.405. The lowest BCUT2D eigenvalue weighted by Gasteiger charge is -2.19. The van der Waals surface area contributed by atoms with Crippen molar-refractivity contribution in [3.8, 4) is 6.07 Å². The molecule has 0 aliphatic rings. The molecule has 0 saturated carbocycles. The van der Waals surface area contributed by atoms with Crippen LogP contribution in [0.25, 0.3) is 0 Å². The van der Waals surface area contributed by atoms with E-state index in [1.165, 1.54) is 0 Å². The molecule has 1 heterocycles. The zero-order valence-corrected chi connectivity index (χ0v) is 16.4. The highest BCUT2D eigenvalue weighted by atomic mass is 16.2. The van der Waals surface area contributed by atoms with Gasteiger partial charge in [0.25, 0.3) is 0 Å². The molecule has 1 amide bonds. The summed E-state index contributed by atoms with van der Waals surface area (Å²) >= 11 is 0. The lowest BCUT2D eigenvalue weighted by Crippen LogP contribution is -2.31. The predicted octanol–water partition coefficient (Wildman–Crippen LogP) is 4.10. The number of aromatic nitrogens is 1. The molecule has 142 valence electrons. The second kappa shape index (κ2) is 8.45. The highest BCUT2D eigenvalue weighted by molar-refractivity contribution is 5.95. The van der Waals surface area contributed by atoms with Crippen LogP contribution in [0.4, 0.5) is 11.5 Å². The molecule has 0 atom stereocenters. The molecule has 0 fully saturated rings. The summed E-state index contributed by atoms with van der Waals surface area (Å²) in [7, 11) is 1.87. The number of nitriles is 1. The van der Waals surface area contributed by atoms with Crippen molar-refractivity contribution in [2.75, 3.05) is 23.8 Å². The Bertz CT molecular complexity index is 1000. The van der Waals surface area contributed by atoms with E-state index in [9.17, 15) is 10.1 Å². The molecule has 5 heteroatoms. The van der Waals surface area contributed by atoms with Crippen molar-refractivity contribution in [1.82, 2.24) is 4.57 Å². The number of amides is 1. The first-order valence-electron chi connectivity index (χ1n) is 9.21. The molecule has 0 bridgehead atoms. The maximum atomic E-state index is 12.7. The Kier molecular flexibility index (Phi) is 5.81. The van der Waals surface area contributed by atoms with Gasteiger partial charge in [-0.3, -0.25) is 4.79 Å². The molecule has 0 spiro atoms. The summed E-state index contributed by atoms with van der Waals surface area (Å²) in [5.41, 5.74) is 4.47. The third-order valence-electron chi connectivity index (χ3n) is 4.96. The van der Waals surface area contributed by atoms with E-state index < -0.39 is 0 Å². The molecular weight excluding hydrogens is 348 g/mol. The Morgan fingerprint density at radius 1 is 1.07 bits per heavy atom. The molecule has 1 aromatic heterocycles. The quantitative estimate of drug-likeness (QED) is 0.709.